The van der Waals surface area contributed by atoms with Gasteiger partial charge < -0.3 is 35.3 Å². The van der Waals surface area contributed by atoms with Crippen molar-refractivity contribution in [3.63, 3.8) is 0 Å². The third-order valence-corrected chi connectivity index (χ3v) is 8.11. The van der Waals surface area contributed by atoms with Gasteiger partial charge in [0.15, 0.2) is 4.88 Å². The molecule has 204 valence electrons. The Bertz CT molecular complexity index is 1560. The zero-order valence-corrected chi connectivity index (χ0v) is 23.1. The van der Waals surface area contributed by atoms with E-state index in [4.69, 9.17) is 15.5 Å². The monoisotopic (exact) mass is 550 g/mol. The smallest absolute Gasteiger partial charge is 0.385 e. The summed E-state index contributed by atoms with van der Waals surface area (Å²) in [5.74, 6) is -0.336. The van der Waals surface area contributed by atoms with Crippen LogP contribution in [0.2, 0.25) is 0 Å². The molecule has 1 aliphatic heterocycles. The molecule has 39 heavy (non-hydrogen) atoms. The van der Waals surface area contributed by atoms with Gasteiger partial charge >= 0.3 is 10.9 Å². The Balaban J connectivity index is 1.30. The molecule has 0 radical (unpaired) electrons. The van der Waals surface area contributed by atoms with Gasteiger partial charge in [-0.1, -0.05) is 41.7 Å². The Morgan fingerprint density at radius 3 is 2.56 bits per heavy atom. The maximum absolute atomic E-state index is 13.2. The number of nitrogens with two attached hydrogens (primary N) is 1. The number of aryl methyl sites for hydroxylation is 1. The number of quaternary nitrogens is 1. The lowest BCUT2D eigenvalue weighted by Gasteiger charge is -2.29. The average Bonchev–Trinajstić information content (AvgIpc) is 3.33. The number of anilines is 2. The zero-order valence-electron chi connectivity index (χ0n) is 22.3. The number of benzene rings is 2. The minimum Gasteiger partial charge on any atom is -0.398 e. The lowest BCUT2D eigenvalue weighted by Crippen LogP contribution is -2.44. The zero-order chi connectivity index (χ0) is 27.7. The van der Waals surface area contributed by atoms with Gasteiger partial charge in [0.1, 0.15) is 6.54 Å². The summed E-state index contributed by atoms with van der Waals surface area (Å²) in [6.45, 7) is 5.84. The number of nitrogens with zero attached hydrogens (tertiary/aromatic N) is 5. The third-order valence-electron chi connectivity index (χ3n) is 7.02. The van der Waals surface area contributed by atoms with Gasteiger partial charge in [0.25, 0.3) is 5.91 Å². The predicted molar refractivity (Wildman–Crippen MR) is 153 cm³/mol. The van der Waals surface area contributed by atoms with Crippen LogP contribution in [-0.2, 0) is 11.3 Å². The van der Waals surface area contributed by atoms with Crippen LogP contribution in [0, 0.1) is 17.0 Å². The average molecular weight is 551 g/mol. The highest BCUT2D eigenvalue weighted by atomic mass is 32.1. The SMILES string of the molecule is Cc1cccc2c(N)c3cccc(C(=O)NCC[N+](C)(C)Cc4sc(N5CCOCC5)nc4[N+](=O)[O-])c3nc12. The van der Waals surface area contributed by atoms with Crippen LogP contribution >= 0.6 is 11.3 Å². The second kappa shape index (κ2) is 10.7. The van der Waals surface area contributed by atoms with Gasteiger partial charge in [-0.25, -0.2) is 4.98 Å². The highest BCUT2D eigenvalue weighted by molar-refractivity contribution is 7.16. The van der Waals surface area contributed by atoms with Gasteiger partial charge in [0.2, 0.25) is 0 Å². The second-order valence-corrected chi connectivity index (χ2v) is 11.4. The molecule has 0 atom stereocenters. The summed E-state index contributed by atoms with van der Waals surface area (Å²) < 4.78 is 5.83. The number of nitrogens with one attached hydrogen (secondary N) is 1. The van der Waals surface area contributed by atoms with E-state index < -0.39 is 4.92 Å². The summed E-state index contributed by atoms with van der Waals surface area (Å²) in [6, 6.07) is 11.3. The standard InChI is InChI=1S/C27H31N7O4S/c1-17-6-4-7-18-22(28)19-8-5-9-20(24(19)30-23(17)18)26(35)29-10-13-34(2,3)16-21-25(33(36)37)31-27(39-21)32-11-14-38-15-12-32/h4-9H,10-16H2,1-3H3,(H2-,28,29,30,35)/p+1. The summed E-state index contributed by atoms with van der Waals surface area (Å²) in [5, 5.41) is 17.0. The predicted octanol–water partition coefficient (Wildman–Crippen LogP) is 3.49. The van der Waals surface area contributed by atoms with E-state index in [2.05, 4.69) is 10.3 Å². The number of likely N-dealkylation sites (N-methyl/N-ethyl adjacent to an activating group) is 1. The third kappa shape index (κ3) is 5.49. The van der Waals surface area contributed by atoms with Gasteiger partial charge in [-0.15, -0.1) is 0 Å². The molecule has 1 fully saturated rings. The fourth-order valence-electron chi connectivity index (χ4n) is 4.85. The van der Waals surface area contributed by atoms with Crippen molar-refractivity contribution in [2.24, 2.45) is 0 Å². The number of morpholine rings is 1. The van der Waals surface area contributed by atoms with Crippen molar-refractivity contribution < 1.29 is 18.9 Å². The van der Waals surface area contributed by atoms with Crippen molar-refractivity contribution in [2.75, 3.05) is 64.1 Å². The van der Waals surface area contributed by atoms with Crippen LogP contribution in [0.15, 0.2) is 36.4 Å². The van der Waals surface area contributed by atoms with Crippen LogP contribution in [0.5, 0.6) is 0 Å². The fourth-order valence-corrected chi connectivity index (χ4v) is 6.14. The number of para-hydroxylation sites is 2. The van der Waals surface area contributed by atoms with Crippen LogP contribution in [0.1, 0.15) is 20.8 Å². The van der Waals surface area contributed by atoms with Crippen molar-refractivity contribution >= 4 is 55.7 Å². The molecule has 0 unspecified atom stereocenters. The molecular weight excluding hydrogens is 518 g/mol. The molecule has 11 nitrogen and oxygen atoms in total. The number of nitrogen functional groups attached to an aromatic ring is 1. The van der Waals surface area contributed by atoms with E-state index in [0.717, 1.165) is 21.9 Å². The number of nitro groups is 1. The van der Waals surface area contributed by atoms with Crippen molar-refractivity contribution in [2.45, 2.75) is 13.5 Å². The first-order chi connectivity index (χ1) is 18.6. The summed E-state index contributed by atoms with van der Waals surface area (Å²) in [5.41, 5.74) is 9.88. The Hall–Kier alpha value is -3.87. The molecule has 2 aromatic carbocycles. The van der Waals surface area contributed by atoms with Crippen LogP contribution in [0.4, 0.5) is 16.6 Å². The lowest BCUT2D eigenvalue weighted by molar-refractivity contribution is -0.902. The molecule has 0 aliphatic carbocycles. The van der Waals surface area contributed by atoms with Gasteiger partial charge in [-0.3, -0.25) is 4.79 Å². The van der Waals surface area contributed by atoms with Crippen LogP contribution in [0.3, 0.4) is 0 Å². The van der Waals surface area contributed by atoms with Gasteiger partial charge in [0.05, 0.1) is 62.7 Å². The number of thiazole rings is 1. The Labute approximate surface area is 229 Å². The minimum atomic E-state index is -0.414. The lowest BCUT2D eigenvalue weighted by atomic mass is 10.0. The molecule has 4 aromatic rings. The number of carbonyl (C=O) groups is 1. The second-order valence-electron chi connectivity index (χ2n) is 10.4. The maximum Gasteiger partial charge on any atom is 0.385 e. The Kier molecular flexibility index (Phi) is 7.34. The van der Waals surface area contributed by atoms with E-state index in [0.29, 0.717) is 77.2 Å². The molecule has 1 aliphatic rings. The van der Waals surface area contributed by atoms with E-state index in [-0.39, 0.29) is 11.7 Å². The molecule has 0 bridgehead atoms. The number of amides is 1. The van der Waals surface area contributed by atoms with Crippen molar-refractivity contribution in [3.05, 3.63) is 62.5 Å². The fraction of sp³-hybridized carbons (Fsp3) is 0.370. The van der Waals surface area contributed by atoms with E-state index in [1.165, 1.54) is 11.3 Å². The Morgan fingerprint density at radius 1 is 1.15 bits per heavy atom. The largest absolute Gasteiger partial charge is 0.398 e. The summed E-state index contributed by atoms with van der Waals surface area (Å²) in [4.78, 5) is 36.3. The molecule has 1 amide bonds. The van der Waals surface area contributed by atoms with E-state index >= 15 is 0 Å². The van der Waals surface area contributed by atoms with Crippen LogP contribution in [0.25, 0.3) is 21.8 Å². The molecule has 0 spiro atoms. The normalized spacial score (nSPS) is 14.2. The van der Waals surface area contributed by atoms with E-state index in [1.807, 2.05) is 56.3 Å². The first-order valence-electron chi connectivity index (χ1n) is 12.8. The molecule has 0 saturated carbocycles. The first-order valence-corrected chi connectivity index (χ1v) is 13.6. The number of carbonyl (C=O) groups excluding carboxylic acids is 1. The first kappa shape index (κ1) is 26.7. The molecule has 5 rings (SSSR count). The van der Waals surface area contributed by atoms with Gasteiger partial charge in [0, 0.05) is 23.9 Å². The molecule has 1 saturated heterocycles. The highest BCUT2D eigenvalue weighted by Gasteiger charge is 2.31. The number of ether oxygens (including phenoxy) is 1. The number of fused-ring (bicyclic) bond motifs is 2. The number of aromatic nitrogens is 2. The van der Waals surface area contributed by atoms with Crippen molar-refractivity contribution in [1.29, 1.82) is 0 Å². The molecule has 2 aromatic heterocycles. The van der Waals surface area contributed by atoms with Gasteiger partial charge in [-0.05, 0) is 28.5 Å². The quantitative estimate of drug-likeness (QED) is 0.147. The minimum absolute atomic E-state index is 0.0985. The van der Waals surface area contributed by atoms with Crippen LogP contribution < -0.4 is 16.0 Å². The van der Waals surface area contributed by atoms with Gasteiger partial charge in [-0.2, -0.15) is 0 Å². The number of hydrogen-bond donors (Lipinski definition) is 2. The molecule has 3 heterocycles. The molecule has 12 heteroatoms. The molecular formula is C27H32N7O4S+. The summed E-state index contributed by atoms with van der Waals surface area (Å²) >= 11 is 1.36. The Morgan fingerprint density at radius 2 is 1.85 bits per heavy atom. The summed E-state index contributed by atoms with van der Waals surface area (Å²) in [7, 11) is 3.97. The van der Waals surface area contributed by atoms with Crippen molar-refractivity contribution in [3.8, 4) is 0 Å². The maximum atomic E-state index is 13.2. The van der Waals surface area contributed by atoms with Crippen LogP contribution in [-0.4, -0.2) is 78.8 Å². The van der Waals surface area contributed by atoms with Crippen molar-refractivity contribution in [1.82, 2.24) is 15.3 Å². The number of rotatable bonds is 8. The highest BCUT2D eigenvalue weighted by Crippen LogP contribution is 2.34. The number of pyridine rings is 1. The molecule has 3 N–H and O–H groups in total. The van der Waals surface area contributed by atoms with E-state index in [9.17, 15) is 14.9 Å². The number of hydrogen-bond acceptors (Lipinski definition) is 9. The van der Waals surface area contributed by atoms with E-state index in [1.54, 1.807) is 6.07 Å². The summed E-state index contributed by atoms with van der Waals surface area (Å²) in [6.07, 6.45) is 0. The topological polar surface area (TPSA) is 137 Å².